The van der Waals surface area contributed by atoms with E-state index < -0.39 is 29.3 Å². The second-order valence-electron chi connectivity index (χ2n) is 3.94. The van der Waals surface area contributed by atoms with Crippen LogP contribution in [0.3, 0.4) is 0 Å². The quantitative estimate of drug-likeness (QED) is 0.752. The summed E-state index contributed by atoms with van der Waals surface area (Å²) in [6.07, 6.45) is -1.74. The zero-order valence-electron chi connectivity index (χ0n) is 10.7. The first-order valence-corrected chi connectivity index (χ1v) is 6.82. The molecule has 0 heterocycles. The van der Waals surface area contributed by atoms with Crippen molar-refractivity contribution in [2.45, 2.75) is 18.0 Å². The predicted molar refractivity (Wildman–Crippen MR) is 73.2 cm³/mol. The number of hydrogen-bond acceptors (Lipinski definition) is 3. The maximum Gasteiger partial charge on any atom is 0.441 e. The third kappa shape index (κ3) is 7.45. The summed E-state index contributed by atoms with van der Waals surface area (Å²) in [5.41, 5.74) is -3.98. The van der Waals surface area contributed by atoms with Gasteiger partial charge in [0.2, 0.25) is 5.91 Å². The van der Waals surface area contributed by atoms with Gasteiger partial charge < -0.3 is 15.7 Å². The predicted octanol–water partition coefficient (Wildman–Crippen LogP) is 2.90. The summed E-state index contributed by atoms with van der Waals surface area (Å²) in [4.78, 5) is 22.5. The van der Waals surface area contributed by atoms with Crippen LogP contribution in [0.5, 0.6) is 0 Å². The molecular weight excluding hydrogens is 309 g/mol. The second kappa shape index (κ2) is 7.77. The van der Waals surface area contributed by atoms with Crippen molar-refractivity contribution in [3.05, 3.63) is 30.3 Å². The van der Waals surface area contributed by atoms with E-state index in [1.165, 1.54) is 0 Å². The highest BCUT2D eigenvalue weighted by Crippen LogP contribution is 2.30. The van der Waals surface area contributed by atoms with Gasteiger partial charge in [0, 0.05) is 11.4 Å². The molecule has 0 aliphatic rings. The van der Waals surface area contributed by atoms with Gasteiger partial charge in [-0.15, -0.1) is 0 Å². The average Bonchev–Trinajstić information content (AvgIpc) is 2.36. The number of para-hydroxylation sites is 1. The minimum Gasteiger partial charge on any atom is -0.465 e. The highest BCUT2D eigenvalue weighted by atomic mass is 32.2. The first kappa shape index (κ1) is 17.2. The molecule has 0 bridgehead atoms. The van der Waals surface area contributed by atoms with Crippen LogP contribution in [0.4, 0.5) is 23.7 Å². The Bertz CT molecular complexity index is 482. The van der Waals surface area contributed by atoms with E-state index in [2.05, 4.69) is 5.32 Å². The molecule has 3 N–H and O–H groups in total. The van der Waals surface area contributed by atoms with Crippen LogP contribution in [0, 0.1) is 0 Å². The number of amides is 2. The summed E-state index contributed by atoms with van der Waals surface area (Å²) in [7, 11) is 0. The zero-order valence-corrected chi connectivity index (χ0v) is 11.5. The summed E-state index contributed by atoms with van der Waals surface area (Å²) in [6, 6.07) is 6.96. The fraction of sp³-hybridized carbons (Fsp3) is 0.333. The lowest BCUT2D eigenvalue weighted by Gasteiger charge is -2.17. The van der Waals surface area contributed by atoms with Gasteiger partial charge in [-0.1, -0.05) is 30.0 Å². The van der Waals surface area contributed by atoms with Gasteiger partial charge in [-0.25, -0.2) is 4.79 Å². The van der Waals surface area contributed by atoms with E-state index in [4.69, 9.17) is 5.11 Å². The SMILES string of the molecule is O=C(O)N[C@@H](CCSC(F)(F)F)C(=O)Nc1ccccc1. The Labute approximate surface area is 122 Å². The van der Waals surface area contributed by atoms with Crippen LogP contribution in [0.2, 0.25) is 0 Å². The van der Waals surface area contributed by atoms with E-state index in [9.17, 15) is 22.8 Å². The van der Waals surface area contributed by atoms with Crippen LogP contribution in [0.1, 0.15) is 6.42 Å². The number of rotatable bonds is 6. The number of carbonyl (C=O) groups is 2. The molecule has 0 aromatic heterocycles. The number of carbonyl (C=O) groups excluding carboxylic acids is 1. The monoisotopic (exact) mass is 322 g/mol. The number of anilines is 1. The van der Waals surface area contributed by atoms with E-state index in [-0.39, 0.29) is 18.2 Å². The molecule has 9 heteroatoms. The largest absolute Gasteiger partial charge is 0.465 e. The molecule has 1 aromatic carbocycles. The van der Waals surface area contributed by atoms with Crippen molar-refractivity contribution in [2.75, 3.05) is 11.1 Å². The van der Waals surface area contributed by atoms with Crippen molar-refractivity contribution in [1.29, 1.82) is 0 Å². The van der Waals surface area contributed by atoms with Gasteiger partial charge in [0.15, 0.2) is 0 Å². The molecule has 0 saturated carbocycles. The number of carboxylic acid groups (broad SMARTS) is 1. The number of hydrogen-bond donors (Lipinski definition) is 3. The molecule has 21 heavy (non-hydrogen) atoms. The average molecular weight is 322 g/mol. The summed E-state index contributed by atoms with van der Waals surface area (Å²) >= 11 is -0.300. The van der Waals surface area contributed by atoms with Crippen LogP contribution in [0.25, 0.3) is 0 Å². The van der Waals surface area contributed by atoms with Gasteiger partial charge in [0.05, 0.1) is 0 Å². The molecule has 116 valence electrons. The van der Waals surface area contributed by atoms with Crippen LogP contribution in [0.15, 0.2) is 30.3 Å². The topological polar surface area (TPSA) is 78.4 Å². The van der Waals surface area contributed by atoms with Crippen molar-refractivity contribution in [1.82, 2.24) is 5.32 Å². The van der Waals surface area contributed by atoms with Crippen LogP contribution >= 0.6 is 11.8 Å². The van der Waals surface area contributed by atoms with Crippen molar-refractivity contribution in [3.63, 3.8) is 0 Å². The van der Waals surface area contributed by atoms with Crippen molar-refractivity contribution < 1.29 is 27.9 Å². The molecule has 2 amide bonds. The molecule has 5 nitrogen and oxygen atoms in total. The Kier molecular flexibility index (Phi) is 6.35. The third-order valence-corrected chi connectivity index (χ3v) is 3.09. The van der Waals surface area contributed by atoms with Crippen LogP contribution < -0.4 is 10.6 Å². The number of thioether (sulfide) groups is 1. The smallest absolute Gasteiger partial charge is 0.441 e. The lowest BCUT2D eigenvalue weighted by atomic mass is 10.2. The fourth-order valence-corrected chi connectivity index (χ4v) is 2.05. The summed E-state index contributed by atoms with van der Waals surface area (Å²) < 4.78 is 36.1. The molecule has 0 saturated heterocycles. The standard InChI is InChI=1S/C12H13F3N2O3S/c13-12(14,15)21-7-6-9(17-11(19)20)10(18)16-8-4-2-1-3-5-8/h1-5,9,17H,6-7H2,(H,16,18)(H,19,20)/t9-/m0/s1. The Balaban J connectivity index is 2.59. The number of halogens is 3. The lowest BCUT2D eigenvalue weighted by Crippen LogP contribution is -2.43. The van der Waals surface area contributed by atoms with E-state index in [0.717, 1.165) is 0 Å². The highest BCUT2D eigenvalue weighted by molar-refractivity contribution is 8.00. The van der Waals surface area contributed by atoms with Crippen molar-refractivity contribution >= 4 is 29.4 Å². The molecule has 0 aliphatic carbocycles. The van der Waals surface area contributed by atoms with Crippen molar-refractivity contribution in [3.8, 4) is 0 Å². The molecule has 1 rings (SSSR count). The normalized spacial score (nSPS) is 12.5. The first-order valence-electron chi connectivity index (χ1n) is 5.84. The maximum atomic E-state index is 12.0. The Morgan fingerprint density at radius 3 is 2.38 bits per heavy atom. The summed E-state index contributed by atoms with van der Waals surface area (Å²) in [6.45, 7) is 0. The molecule has 0 aliphatic heterocycles. The Hall–Kier alpha value is -1.90. The molecular formula is C12H13F3N2O3S. The number of nitrogens with one attached hydrogen (secondary N) is 2. The van der Waals surface area contributed by atoms with E-state index in [0.29, 0.717) is 5.69 Å². The van der Waals surface area contributed by atoms with E-state index in [1.54, 1.807) is 30.3 Å². The molecule has 0 spiro atoms. The van der Waals surface area contributed by atoms with Gasteiger partial charge >= 0.3 is 11.6 Å². The Morgan fingerprint density at radius 1 is 1.24 bits per heavy atom. The molecule has 0 unspecified atom stereocenters. The highest BCUT2D eigenvalue weighted by Gasteiger charge is 2.29. The maximum absolute atomic E-state index is 12.0. The van der Waals surface area contributed by atoms with E-state index in [1.807, 2.05) is 5.32 Å². The van der Waals surface area contributed by atoms with E-state index >= 15 is 0 Å². The number of alkyl halides is 3. The Morgan fingerprint density at radius 2 is 1.86 bits per heavy atom. The molecule has 0 fully saturated rings. The first-order chi connectivity index (χ1) is 9.78. The summed E-state index contributed by atoms with van der Waals surface area (Å²) in [5, 5.41) is 13.0. The number of benzene rings is 1. The van der Waals surface area contributed by atoms with Gasteiger partial charge in [-0.2, -0.15) is 13.2 Å². The van der Waals surface area contributed by atoms with Gasteiger partial charge in [-0.3, -0.25) is 4.79 Å². The van der Waals surface area contributed by atoms with Gasteiger partial charge in [0.25, 0.3) is 0 Å². The minimum absolute atomic E-state index is 0.269. The van der Waals surface area contributed by atoms with Crippen LogP contribution in [-0.2, 0) is 4.79 Å². The molecule has 1 aromatic rings. The third-order valence-electron chi connectivity index (χ3n) is 2.33. The zero-order chi connectivity index (χ0) is 15.9. The van der Waals surface area contributed by atoms with Gasteiger partial charge in [0.1, 0.15) is 6.04 Å². The van der Waals surface area contributed by atoms with Crippen molar-refractivity contribution in [2.24, 2.45) is 0 Å². The minimum atomic E-state index is -4.41. The molecule has 1 atom stereocenters. The second-order valence-corrected chi connectivity index (χ2v) is 5.10. The van der Waals surface area contributed by atoms with Crippen LogP contribution in [-0.4, -0.2) is 34.4 Å². The lowest BCUT2D eigenvalue weighted by molar-refractivity contribution is -0.118. The molecule has 0 radical (unpaired) electrons. The summed E-state index contributed by atoms with van der Waals surface area (Å²) in [5.74, 6) is -1.12. The van der Waals surface area contributed by atoms with Gasteiger partial charge in [-0.05, 0) is 18.6 Å². The fourth-order valence-electron chi connectivity index (χ4n) is 1.46.